The van der Waals surface area contributed by atoms with Gasteiger partial charge in [0.2, 0.25) is 0 Å². The molecule has 0 saturated carbocycles. The quantitative estimate of drug-likeness (QED) is 0.653. The Bertz CT molecular complexity index is 95.0. The Morgan fingerprint density at radius 3 is 2.56 bits per heavy atom. The first-order chi connectivity index (χ1) is 4.16. The van der Waals surface area contributed by atoms with E-state index < -0.39 is 5.97 Å². The van der Waals surface area contributed by atoms with E-state index in [9.17, 15) is 4.79 Å². The minimum atomic E-state index is -0.875. The summed E-state index contributed by atoms with van der Waals surface area (Å²) >= 11 is 10.8. The molecule has 0 aliphatic carbocycles. The Hall–Kier alpha value is 0.0500. The molecule has 0 heterocycles. The summed E-state index contributed by atoms with van der Waals surface area (Å²) < 4.78 is 0. The highest BCUT2D eigenvalue weighted by Crippen LogP contribution is 2.07. The average Bonchev–Trinajstić information content (AvgIpc) is 1.63. The number of rotatable bonds is 4. The average molecular weight is 171 g/mol. The van der Waals surface area contributed by atoms with Gasteiger partial charge in [-0.05, 0) is 6.42 Å². The summed E-state index contributed by atoms with van der Waals surface area (Å²) in [6, 6.07) is 0. The lowest BCUT2D eigenvalue weighted by molar-refractivity contribution is -0.137. The fraction of sp³-hybridized carbons (Fsp3) is 0.800. The second-order valence-electron chi connectivity index (χ2n) is 1.67. The van der Waals surface area contributed by atoms with Crippen LogP contribution in [0.1, 0.15) is 12.8 Å². The molecule has 0 bridgehead atoms. The minimum Gasteiger partial charge on any atom is -0.481 e. The molecule has 1 atom stereocenters. The van der Waals surface area contributed by atoms with Gasteiger partial charge in [0.15, 0.2) is 0 Å². The topological polar surface area (TPSA) is 37.3 Å². The van der Waals surface area contributed by atoms with Crippen LogP contribution in [0.3, 0.4) is 0 Å². The molecule has 0 aliphatic heterocycles. The van der Waals surface area contributed by atoms with Gasteiger partial charge in [0, 0.05) is 11.3 Å². The zero-order chi connectivity index (χ0) is 7.28. The van der Waals surface area contributed by atoms with Gasteiger partial charge in [-0.15, -0.1) is 23.2 Å². The summed E-state index contributed by atoms with van der Waals surface area (Å²) in [5, 5.41) is 7.86. The van der Waals surface area contributed by atoms with Crippen molar-refractivity contribution in [3.63, 3.8) is 0 Å². The number of alkyl halides is 2. The monoisotopic (exact) mass is 170 g/mol. The van der Waals surface area contributed by atoms with Crippen molar-refractivity contribution in [2.75, 3.05) is 5.88 Å². The molecule has 54 valence electrons. The predicted octanol–water partition coefficient (Wildman–Crippen LogP) is 1.70. The molecule has 0 rings (SSSR count). The molecule has 0 aliphatic rings. The van der Waals surface area contributed by atoms with Crippen molar-refractivity contribution in [2.45, 2.75) is 18.2 Å². The van der Waals surface area contributed by atoms with Crippen LogP contribution in [0.2, 0.25) is 0 Å². The van der Waals surface area contributed by atoms with Gasteiger partial charge < -0.3 is 5.11 Å². The third-order valence-electron chi connectivity index (χ3n) is 0.818. The fourth-order valence-corrected chi connectivity index (χ4v) is 1.03. The molecule has 0 amide bonds. The summed E-state index contributed by atoms with van der Waals surface area (Å²) in [6.07, 6.45) is 0.545. The van der Waals surface area contributed by atoms with E-state index in [-0.39, 0.29) is 11.8 Å². The van der Waals surface area contributed by atoms with Crippen LogP contribution < -0.4 is 0 Å². The maximum atomic E-state index is 9.96. The lowest BCUT2D eigenvalue weighted by Gasteiger charge is -2.00. The summed E-state index contributed by atoms with van der Waals surface area (Å²) in [5.41, 5.74) is 0. The summed E-state index contributed by atoms with van der Waals surface area (Å²) in [6.45, 7) is 0. The largest absolute Gasteiger partial charge is 0.481 e. The third-order valence-corrected chi connectivity index (χ3v) is 1.41. The summed E-state index contributed by atoms with van der Waals surface area (Å²) in [4.78, 5) is 9.96. The van der Waals surface area contributed by atoms with E-state index in [1.165, 1.54) is 0 Å². The molecular weight excluding hydrogens is 163 g/mol. The Kier molecular flexibility index (Phi) is 4.91. The lowest BCUT2D eigenvalue weighted by atomic mass is 10.2. The smallest absolute Gasteiger partial charge is 0.304 e. The zero-order valence-electron chi connectivity index (χ0n) is 4.81. The van der Waals surface area contributed by atoms with Gasteiger partial charge >= 0.3 is 5.97 Å². The van der Waals surface area contributed by atoms with Gasteiger partial charge in [-0.2, -0.15) is 0 Å². The van der Waals surface area contributed by atoms with Crippen molar-refractivity contribution in [1.82, 2.24) is 0 Å². The highest BCUT2D eigenvalue weighted by Gasteiger charge is 2.07. The van der Waals surface area contributed by atoms with E-state index in [0.29, 0.717) is 12.3 Å². The Balaban J connectivity index is 3.26. The first kappa shape index (κ1) is 9.05. The molecule has 1 unspecified atom stereocenters. The minimum absolute atomic E-state index is 0.00568. The Morgan fingerprint density at radius 1 is 1.67 bits per heavy atom. The summed E-state index contributed by atoms with van der Waals surface area (Å²) in [5.74, 6) is -0.457. The van der Waals surface area contributed by atoms with Gasteiger partial charge in [-0.3, -0.25) is 4.79 Å². The molecule has 2 nitrogen and oxygen atoms in total. The molecule has 0 fully saturated rings. The summed E-state index contributed by atoms with van der Waals surface area (Å²) in [7, 11) is 0. The van der Waals surface area contributed by atoms with Gasteiger partial charge in [-0.1, -0.05) is 0 Å². The van der Waals surface area contributed by atoms with E-state index in [2.05, 4.69) is 0 Å². The van der Waals surface area contributed by atoms with Gasteiger partial charge in [0.25, 0.3) is 0 Å². The highest BCUT2D eigenvalue weighted by molar-refractivity contribution is 6.23. The maximum absolute atomic E-state index is 9.96. The van der Waals surface area contributed by atoms with Crippen molar-refractivity contribution >= 4 is 29.2 Å². The number of halogens is 2. The van der Waals surface area contributed by atoms with Crippen molar-refractivity contribution < 1.29 is 9.90 Å². The zero-order valence-corrected chi connectivity index (χ0v) is 6.32. The number of hydrogen-bond acceptors (Lipinski definition) is 1. The van der Waals surface area contributed by atoms with Crippen LogP contribution in [0, 0.1) is 0 Å². The first-order valence-corrected chi connectivity index (χ1v) is 3.55. The highest BCUT2D eigenvalue weighted by atomic mass is 35.5. The maximum Gasteiger partial charge on any atom is 0.304 e. The third kappa shape index (κ3) is 5.93. The van der Waals surface area contributed by atoms with Gasteiger partial charge in [0.05, 0.1) is 6.42 Å². The van der Waals surface area contributed by atoms with Crippen LogP contribution in [0.15, 0.2) is 0 Å². The number of carboxylic acid groups (broad SMARTS) is 1. The number of hydrogen-bond donors (Lipinski definition) is 1. The molecule has 0 saturated heterocycles. The number of carbonyl (C=O) groups is 1. The fourth-order valence-electron chi connectivity index (χ4n) is 0.410. The van der Waals surface area contributed by atoms with Crippen LogP contribution in [0.25, 0.3) is 0 Å². The van der Waals surface area contributed by atoms with Crippen LogP contribution in [0.5, 0.6) is 0 Å². The molecule has 0 aromatic heterocycles. The Labute approximate surface area is 63.8 Å². The molecule has 0 spiro atoms. The molecule has 0 aromatic rings. The van der Waals surface area contributed by atoms with Gasteiger partial charge in [0.1, 0.15) is 0 Å². The number of aliphatic carboxylic acids is 1. The second-order valence-corrected chi connectivity index (χ2v) is 2.67. The first-order valence-electron chi connectivity index (χ1n) is 2.58. The van der Waals surface area contributed by atoms with Gasteiger partial charge in [-0.25, -0.2) is 0 Å². The van der Waals surface area contributed by atoms with Crippen molar-refractivity contribution in [3.05, 3.63) is 0 Å². The van der Waals surface area contributed by atoms with E-state index >= 15 is 0 Å². The van der Waals surface area contributed by atoms with E-state index in [1.807, 2.05) is 0 Å². The molecule has 0 radical (unpaired) electrons. The molecule has 1 N–H and O–H groups in total. The van der Waals surface area contributed by atoms with Crippen molar-refractivity contribution in [1.29, 1.82) is 0 Å². The molecule has 4 heteroatoms. The van der Waals surface area contributed by atoms with E-state index in [1.54, 1.807) is 0 Å². The molecule has 9 heavy (non-hydrogen) atoms. The van der Waals surface area contributed by atoms with E-state index in [0.717, 1.165) is 0 Å². The number of carboxylic acids is 1. The van der Waals surface area contributed by atoms with E-state index in [4.69, 9.17) is 28.3 Å². The molecule has 0 aromatic carbocycles. The standard InChI is InChI=1S/C5H8Cl2O2/c6-2-1-4(7)3-5(8)9/h4H,1-3H2,(H,8,9). The van der Waals surface area contributed by atoms with Crippen molar-refractivity contribution in [3.8, 4) is 0 Å². The Morgan fingerprint density at radius 2 is 2.22 bits per heavy atom. The van der Waals surface area contributed by atoms with Crippen LogP contribution in [-0.2, 0) is 4.79 Å². The van der Waals surface area contributed by atoms with Crippen molar-refractivity contribution in [2.24, 2.45) is 0 Å². The molecular formula is C5H8Cl2O2. The normalized spacial score (nSPS) is 13.1. The second kappa shape index (κ2) is 4.89. The SMILES string of the molecule is O=C(O)CC(Cl)CCCl. The lowest BCUT2D eigenvalue weighted by Crippen LogP contribution is -2.07. The van der Waals surface area contributed by atoms with Crippen LogP contribution in [0.4, 0.5) is 0 Å². The predicted molar refractivity (Wildman–Crippen MR) is 37.2 cm³/mol. The van der Waals surface area contributed by atoms with Crippen LogP contribution in [-0.4, -0.2) is 22.3 Å². The van der Waals surface area contributed by atoms with Crippen LogP contribution >= 0.6 is 23.2 Å².